The molecule has 0 atom stereocenters. The second-order valence-corrected chi connectivity index (χ2v) is 3.76. The maximum Gasteiger partial charge on any atom is 0.407 e. The van der Waals surface area contributed by atoms with E-state index in [9.17, 15) is 4.79 Å². The van der Waals surface area contributed by atoms with E-state index >= 15 is 0 Å². The summed E-state index contributed by atoms with van der Waals surface area (Å²) in [6.45, 7) is 9.48. The van der Waals surface area contributed by atoms with Crippen LogP contribution < -0.4 is 5.32 Å². The second kappa shape index (κ2) is 6.86. The van der Waals surface area contributed by atoms with Gasteiger partial charge in [-0.15, -0.1) is 0 Å². The van der Waals surface area contributed by atoms with E-state index in [1.807, 2.05) is 0 Å². The maximum absolute atomic E-state index is 11.1. The predicted molar refractivity (Wildman–Crippen MR) is 58.9 cm³/mol. The molecule has 0 aliphatic heterocycles. The van der Waals surface area contributed by atoms with Crippen LogP contribution in [0.5, 0.6) is 0 Å². The van der Waals surface area contributed by atoms with Crippen LogP contribution in [0.4, 0.5) is 4.79 Å². The standard InChI is InChI=1S/C10H18N2O3/c1-5-8-14-12-7-6-11-9(13)15-10(2,3)4/h5,7H,1,6,8H2,2-4H3,(H,11,13)/b12-7+. The molecule has 5 heteroatoms. The van der Waals surface area contributed by atoms with Gasteiger partial charge in [-0.1, -0.05) is 17.8 Å². The molecule has 0 radical (unpaired) electrons. The number of hydrogen-bond acceptors (Lipinski definition) is 4. The summed E-state index contributed by atoms with van der Waals surface area (Å²) in [5.41, 5.74) is -0.486. The van der Waals surface area contributed by atoms with Gasteiger partial charge in [-0.25, -0.2) is 4.79 Å². The topological polar surface area (TPSA) is 59.9 Å². The Morgan fingerprint density at radius 1 is 1.53 bits per heavy atom. The molecule has 0 aromatic carbocycles. The lowest BCUT2D eigenvalue weighted by Gasteiger charge is -2.19. The summed E-state index contributed by atoms with van der Waals surface area (Å²) in [5.74, 6) is 0. The van der Waals surface area contributed by atoms with E-state index in [1.165, 1.54) is 6.21 Å². The van der Waals surface area contributed by atoms with Crippen molar-refractivity contribution >= 4 is 12.3 Å². The molecule has 0 unspecified atom stereocenters. The molecule has 0 saturated carbocycles. The van der Waals surface area contributed by atoms with Gasteiger partial charge in [0.2, 0.25) is 0 Å². The molecule has 1 N–H and O–H groups in total. The van der Waals surface area contributed by atoms with E-state index in [0.29, 0.717) is 6.61 Å². The second-order valence-electron chi connectivity index (χ2n) is 3.76. The molecule has 0 rings (SSSR count). The van der Waals surface area contributed by atoms with Crippen LogP contribution in [-0.2, 0) is 9.57 Å². The molecule has 0 spiro atoms. The lowest BCUT2D eigenvalue weighted by atomic mass is 10.2. The van der Waals surface area contributed by atoms with E-state index in [4.69, 9.17) is 9.57 Å². The Hall–Kier alpha value is -1.52. The van der Waals surface area contributed by atoms with Crippen molar-refractivity contribution in [2.45, 2.75) is 26.4 Å². The van der Waals surface area contributed by atoms with E-state index in [-0.39, 0.29) is 6.54 Å². The van der Waals surface area contributed by atoms with E-state index in [0.717, 1.165) is 0 Å². The Bertz CT molecular complexity index is 231. The normalized spacial score (nSPS) is 11.1. The van der Waals surface area contributed by atoms with Crippen LogP contribution in [0.2, 0.25) is 0 Å². The van der Waals surface area contributed by atoms with Gasteiger partial charge in [0.05, 0.1) is 12.8 Å². The number of amides is 1. The van der Waals surface area contributed by atoms with Gasteiger partial charge < -0.3 is 14.9 Å². The van der Waals surface area contributed by atoms with Crippen molar-refractivity contribution in [2.24, 2.45) is 5.16 Å². The summed E-state index contributed by atoms with van der Waals surface area (Å²) in [4.78, 5) is 15.8. The summed E-state index contributed by atoms with van der Waals surface area (Å²) in [5, 5.41) is 6.06. The minimum atomic E-state index is -0.486. The van der Waals surface area contributed by atoms with Gasteiger partial charge in [0.1, 0.15) is 12.2 Å². The highest BCUT2D eigenvalue weighted by Crippen LogP contribution is 2.05. The average molecular weight is 214 g/mol. The smallest absolute Gasteiger partial charge is 0.407 e. The summed E-state index contributed by atoms with van der Waals surface area (Å²) in [6.07, 6.45) is 2.55. The molecule has 15 heavy (non-hydrogen) atoms. The summed E-state index contributed by atoms with van der Waals surface area (Å²) < 4.78 is 5.00. The molecular weight excluding hydrogens is 196 g/mol. The van der Waals surface area contributed by atoms with Crippen LogP contribution in [0.15, 0.2) is 17.8 Å². The van der Waals surface area contributed by atoms with Gasteiger partial charge in [0, 0.05) is 0 Å². The highest BCUT2D eigenvalue weighted by Gasteiger charge is 2.14. The summed E-state index contributed by atoms with van der Waals surface area (Å²) >= 11 is 0. The lowest BCUT2D eigenvalue weighted by molar-refractivity contribution is 0.0536. The first-order chi connectivity index (χ1) is 6.95. The Kier molecular flexibility index (Phi) is 6.17. The zero-order chi connectivity index (χ0) is 11.7. The number of carbonyl (C=O) groups is 1. The minimum Gasteiger partial charge on any atom is -0.444 e. The molecule has 0 heterocycles. The van der Waals surface area contributed by atoms with Gasteiger partial charge in [-0.3, -0.25) is 0 Å². The molecule has 0 saturated heterocycles. The summed E-state index contributed by atoms with van der Waals surface area (Å²) in [6, 6.07) is 0. The Balaban J connectivity index is 3.55. The Morgan fingerprint density at radius 2 is 2.20 bits per heavy atom. The number of nitrogens with zero attached hydrogens (tertiary/aromatic N) is 1. The highest BCUT2D eigenvalue weighted by molar-refractivity contribution is 5.72. The van der Waals surface area contributed by atoms with E-state index in [2.05, 4.69) is 17.1 Å². The Labute approximate surface area is 90.1 Å². The first kappa shape index (κ1) is 13.5. The first-order valence-electron chi connectivity index (χ1n) is 4.67. The van der Waals surface area contributed by atoms with Gasteiger partial charge in [-0.05, 0) is 20.8 Å². The third-order valence-corrected chi connectivity index (χ3v) is 1.08. The number of nitrogens with one attached hydrogen (secondary N) is 1. The Morgan fingerprint density at radius 3 is 2.73 bits per heavy atom. The van der Waals surface area contributed by atoms with E-state index < -0.39 is 11.7 Å². The third kappa shape index (κ3) is 10.4. The monoisotopic (exact) mass is 214 g/mol. The van der Waals surface area contributed by atoms with Crippen molar-refractivity contribution < 1.29 is 14.4 Å². The highest BCUT2D eigenvalue weighted by atomic mass is 16.6. The fourth-order valence-corrected chi connectivity index (χ4v) is 0.629. The van der Waals surface area contributed by atoms with Crippen LogP contribution >= 0.6 is 0 Å². The van der Waals surface area contributed by atoms with Crippen molar-refractivity contribution in [2.75, 3.05) is 13.2 Å². The number of carbonyl (C=O) groups excluding carboxylic acids is 1. The molecular formula is C10H18N2O3. The van der Waals surface area contributed by atoms with Crippen molar-refractivity contribution in [3.05, 3.63) is 12.7 Å². The van der Waals surface area contributed by atoms with Crippen LogP contribution in [0, 0.1) is 0 Å². The molecule has 0 aromatic heterocycles. The van der Waals surface area contributed by atoms with Crippen molar-refractivity contribution in [3.63, 3.8) is 0 Å². The van der Waals surface area contributed by atoms with Crippen LogP contribution in [-0.4, -0.2) is 31.1 Å². The van der Waals surface area contributed by atoms with Crippen LogP contribution in [0.25, 0.3) is 0 Å². The number of oxime groups is 1. The van der Waals surface area contributed by atoms with E-state index in [1.54, 1.807) is 26.8 Å². The predicted octanol–water partition coefficient (Wildman–Crippen LogP) is 1.70. The van der Waals surface area contributed by atoms with Gasteiger partial charge in [0.25, 0.3) is 0 Å². The maximum atomic E-state index is 11.1. The molecule has 0 aliphatic rings. The number of hydrogen-bond donors (Lipinski definition) is 1. The van der Waals surface area contributed by atoms with Crippen molar-refractivity contribution in [1.29, 1.82) is 0 Å². The SMILES string of the molecule is C=CCO/N=C/CNC(=O)OC(C)(C)C. The van der Waals surface area contributed by atoms with Gasteiger partial charge in [0.15, 0.2) is 0 Å². The van der Waals surface area contributed by atoms with Crippen LogP contribution in [0.1, 0.15) is 20.8 Å². The molecule has 5 nitrogen and oxygen atoms in total. The molecule has 1 amide bonds. The van der Waals surface area contributed by atoms with Crippen LogP contribution in [0.3, 0.4) is 0 Å². The molecule has 0 bridgehead atoms. The zero-order valence-corrected chi connectivity index (χ0v) is 9.45. The number of ether oxygens (including phenoxy) is 1. The third-order valence-electron chi connectivity index (χ3n) is 1.08. The molecule has 86 valence electrons. The molecule has 0 aromatic rings. The summed E-state index contributed by atoms with van der Waals surface area (Å²) in [7, 11) is 0. The zero-order valence-electron chi connectivity index (χ0n) is 9.45. The molecule has 0 fully saturated rings. The fraction of sp³-hybridized carbons (Fsp3) is 0.600. The minimum absolute atomic E-state index is 0.270. The quantitative estimate of drug-likeness (QED) is 0.328. The molecule has 0 aliphatic carbocycles. The van der Waals surface area contributed by atoms with Crippen molar-refractivity contribution in [3.8, 4) is 0 Å². The number of rotatable bonds is 5. The number of alkyl carbamates (subject to hydrolysis) is 1. The lowest BCUT2D eigenvalue weighted by Crippen LogP contribution is -2.33. The van der Waals surface area contributed by atoms with Crippen molar-refractivity contribution in [1.82, 2.24) is 5.32 Å². The average Bonchev–Trinajstić information content (AvgIpc) is 2.08. The first-order valence-corrected chi connectivity index (χ1v) is 4.67. The van der Waals surface area contributed by atoms with Gasteiger partial charge >= 0.3 is 6.09 Å². The van der Waals surface area contributed by atoms with Gasteiger partial charge in [-0.2, -0.15) is 0 Å². The largest absolute Gasteiger partial charge is 0.444 e. The fourth-order valence-electron chi connectivity index (χ4n) is 0.629.